The summed E-state index contributed by atoms with van der Waals surface area (Å²) in [5.74, 6) is 1.19. The molecule has 1 N–H and O–H groups in total. The van der Waals surface area contributed by atoms with E-state index in [0.717, 1.165) is 0 Å². The van der Waals surface area contributed by atoms with Crippen molar-refractivity contribution in [3.63, 3.8) is 0 Å². The first-order chi connectivity index (χ1) is 7.02. The van der Waals surface area contributed by atoms with Crippen LogP contribution in [0.25, 0.3) is 0 Å². The second kappa shape index (κ2) is 5.88. The van der Waals surface area contributed by atoms with Gasteiger partial charge in [0.05, 0.1) is 4.83 Å². The number of hydrogen-bond donors (Lipinski definition) is 1. The Bertz CT molecular complexity index is 212. The van der Waals surface area contributed by atoms with Crippen LogP contribution in [0.1, 0.15) is 46.5 Å². The summed E-state index contributed by atoms with van der Waals surface area (Å²) in [6.45, 7) is 6.24. The third-order valence-corrected chi connectivity index (χ3v) is 4.79. The van der Waals surface area contributed by atoms with Crippen molar-refractivity contribution >= 4 is 21.8 Å². The molecule has 0 bridgehead atoms. The second-order valence-corrected chi connectivity index (χ2v) is 5.97. The van der Waals surface area contributed by atoms with Gasteiger partial charge in [-0.15, -0.1) is 0 Å². The van der Waals surface area contributed by atoms with Gasteiger partial charge in [0.15, 0.2) is 0 Å². The van der Waals surface area contributed by atoms with Crippen molar-refractivity contribution < 1.29 is 4.79 Å². The summed E-state index contributed by atoms with van der Waals surface area (Å²) in [5, 5.41) is 3.12. The Morgan fingerprint density at radius 3 is 2.27 bits per heavy atom. The molecule has 2 atom stereocenters. The Hall–Kier alpha value is -0.0500. The summed E-state index contributed by atoms with van der Waals surface area (Å²) in [6, 6.07) is 0.332. The highest BCUT2D eigenvalue weighted by molar-refractivity contribution is 9.10. The van der Waals surface area contributed by atoms with Crippen molar-refractivity contribution in [2.75, 3.05) is 0 Å². The summed E-state index contributed by atoms with van der Waals surface area (Å²) in [5.41, 5.74) is 0. The third kappa shape index (κ3) is 3.78. The molecule has 1 fully saturated rings. The number of rotatable bonds is 4. The maximum absolute atomic E-state index is 11.8. The summed E-state index contributed by atoms with van der Waals surface area (Å²) in [7, 11) is 0. The predicted molar refractivity (Wildman–Crippen MR) is 67.1 cm³/mol. The maximum atomic E-state index is 11.8. The lowest BCUT2D eigenvalue weighted by molar-refractivity contribution is -0.122. The van der Waals surface area contributed by atoms with Crippen molar-refractivity contribution in [3.8, 4) is 0 Å². The summed E-state index contributed by atoms with van der Waals surface area (Å²) in [4.78, 5) is 11.7. The zero-order valence-corrected chi connectivity index (χ0v) is 11.5. The molecule has 88 valence electrons. The SMILES string of the molecule is CC(C)C(Br)C(=O)NC(C)C1CCCC1. The van der Waals surface area contributed by atoms with Crippen LogP contribution in [0.15, 0.2) is 0 Å². The van der Waals surface area contributed by atoms with Crippen LogP contribution in [0.2, 0.25) is 0 Å². The standard InChI is InChI=1S/C12H22BrNO/c1-8(2)11(13)12(15)14-9(3)10-6-4-5-7-10/h8-11H,4-7H2,1-3H3,(H,14,15). The van der Waals surface area contributed by atoms with Crippen LogP contribution in [0.3, 0.4) is 0 Å². The Balaban J connectivity index is 2.36. The van der Waals surface area contributed by atoms with E-state index in [1.54, 1.807) is 0 Å². The number of alkyl halides is 1. The van der Waals surface area contributed by atoms with Crippen molar-refractivity contribution in [2.24, 2.45) is 11.8 Å². The molecule has 2 unspecified atom stereocenters. The Kier molecular flexibility index (Phi) is 5.10. The van der Waals surface area contributed by atoms with Crippen LogP contribution in [0.5, 0.6) is 0 Å². The van der Waals surface area contributed by atoms with Gasteiger partial charge in [-0.1, -0.05) is 42.6 Å². The van der Waals surface area contributed by atoms with Gasteiger partial charge in [-0.25, -0.2) is 0 Å². The van der Waals surface area contributed by atoms with Gasteiger partial charge in [0, 0.05) is 6.04 Å². The molecule has 0 aliphatic heterocycles. The molecule has 2 nitrogen and oxygen atoms in total. The topological polar surface area (TPSA) is 29.1 Å². The van der Waals surface area contributed by atoms with Crippen LogP contribution in [0, 0.1) is 11.8 Å². The lowest BCUT2D eigenvalue weighted by Crippen LogP contribution is -2.42. The minimum atomic E-state index is -0.0543. The number of nitrogens with one attached hydrogen (secondary N) is 1. The Labute approximate surface area is 101 Å². The lowest BCUT2D eigenvalue weighted by atomic mass is 9.99. The molecule has 0 spiro atoms. The van der Waals surface area contributed by atoms with E-state index in [1.807, 2.05) is 0 Å². The Morgan fingerprint density at radius 2 is 1.80 bits per heavy atom. The highest BCUT2D eigenvalue weighted by atomic mass is 79.9. The van der Waals surface area contributed by atoms with Crippen molar-refractivity contribution in [1.29, 1.82) is 0 Å². The van der Waals surface area contributed by atoms with Crippen molar-refractivity contribution in [1.82, 2.24) is 5.32 Å². The van der Waals surface area contributed by atoms with E-state index in [2.05, 4.69) is 42.0 Å². The van der Waals surface area contributed by atoms with E-state index in [4.69, 9.17) is 0 Å². The zero-order chi connectivity index (χ0) is 11.4. The van der Waals surface area contributed by atoms with Gasteiger partial charge in [-0.05, 0) is 31.6 Å². The quantitative estimate of drug-likeness (QED) is 0.785. The fourth-order valence-electron chi connectivity index (χ4n) is 2.18. The van der Waals surface area contributed by atoms with Crippen LogP contribution < -0.4 is 5.32 Å². The summed E-state index contributed by atoms with van der Waals surface area (Å²) >= 11 is 3.43. The molecule has 1 rings (SSSR count). The van der Waals surface area contributed by atoms with E-state index in [0.29, 0.717) is 17.9 Å². The van der Waals surface area contributed by atoms with Gasteiger partial charge in [0.1, 0.15) is 0 Å². The molecule has 0 aromatic rings. The third-order valence-electron chi connectivity index (χ3n) is 3.31. The van der Waals surface area contributed by atoms with Gasteiger partial charge < -0.3 is 5.32 Å². The number of halogens is 1. The molecule has 15 heavy (non-hydrogen) atoms. The minimum Gasteiger partial charge on any atom is -0.352 e. The summed E-state index contributed by atoms with van der Waals surface area (Å²) in [6.07, 6.45) is 5.20. The minimum absolute atomic E-state index is 0.0543. The van der Waals surface area contributed by atoms with E-state index < -0.39 is 0 Å². The molecule has 3 heteroatoms. The molecule has 0 radical (unpaired) electrons. The van der Waals surface area contributed by atoms with E-state index in [-0.39, 0.29) is 10.7 Å². The number of hydrogen-bond acceptors (Lipinski definition) is 1. The first kappa shape index (κ1) is 13.0. The van der Waals surface area contributed by atoms with Gasteiger partial charge in [-0.3, -0.25) is 4.79 Å². The van der Waals surface area contributed by atoms with Crippen LogP contribution >= 0.6 is 15.9 Å². The van der Waals surface area contributed by atoms with Crippen LogP contribution in [-0.2, 0) is 4.79 Å². The monoisotopic (exact) mass is 275 g/mol. The molecule has 1 saturated carbocycles. The largest absolute Gasteiger partial charge is 0.352 e. The van der Waals surface area contributed by atoms with Gasteiger partial charge in [-0.2, -0.15) is 0 Å². The molecular weight excluding hydrogens is 254 g/mol. The zero-order valence-electron chi connectivity index (χ0n) is 9.92. The molecule has 0 heterocycles. The average molecular weight is 276 g/mol. The van der Waals surface area contributed by atoms with E-state index >= 15 is 0 Å². The maximum Gasteiger partial charge on any atom is 0.234 e. The molecule has 0 saturated heterocycles. The number of amides is 1. The van der Waals surface area contributed by atoms with Crippen LogP contribution in [0.4, 0.5) is 0 Å². The smallest absolute Gasteiger partial charge is 0.234 e. The fourth-order valence-corrected chi connectivity index (χ4v) is 2.31. The first-order valence-electron chi connectivity index (χ1n) is 5.96. The molecule has 0 aromatic heterocycles. The fraction of sp³-hybridized carbons (Fsp3) is 0.917. The number of carbonyl (C=O) groups excluding carboxylic acids is 1. The van der Waals surface area contributed by atoms with Crippen LogP contribution in [-0.4, -0.2) is 16.8 Å². The molecule has 0 aromatic carbocycles. The van der Waals surface area contributed by atoms with Gasteiger partial charge >= 0.3 is 0 Å². The Morgan fingerprint density at radius 1 is 1.27 bits per heavy atom. The molecular formula is C12H22BrNO. The normalized spacial score (nSPS) is 21.7. The summed E-state index contributed by atoms with van der Waals surface area (Å²) < 4.78 is 0. The lowest BCUT2D eigenvalue weighted by Gasteiger charge is -2.23. The van der Waals surface area contributed by atoms with Crippen molar-refractivity contribution in [2.45, 2.75) is 57.3 Å². The molecule has 1 aliphatic rings. The predicted octanol–water partition coefficient (Wildman–Crippen LogP) is 3.10. The first-order valence-corrected chi connectivity index (χ1v) is 6.88. The van der Waals surface area contributed by atoms with E-state index in [9.17, 15) is 4.79 Å². The average Bonchev–Trinajstić information content (AvgIpc) is 2.68. The van der Waals surface area contributed by atoms with Crippen molar-refractivity contribution in [3.05, 3.63) is 0 Å². The molecule has 1 amide bonds. The number of carbonyl (C=O) groups is 1. The highest BCUT2D eigenvalue weighted by Crippen LogP contribution is 2.27. The van der Waals surface area contributed by atoms with E-state index in [1.165, 1.54) is 25.7 Å². The van der Waals surface area contributed by atoms with Gasteiger partial charge in [0.2, 0.25) is 5.91 Å². The molecule has 1 aliphatic carbocycles. The highest BCUT2D eigenvalue weighted by Gasteiger charge is 2.25. The second-order valence-electron chi connectivity index (χ2n) is 4.99. The van der Waals surface area contributed by atoms with Gasteiger partial charge in [0.25, 0.3) is 0 Å².